The second-order valence-corrected chi connectivity index (χ2v) is 7.05. The summed E-state index contributed by atoms with van der Waals surface area (Å²) in [5, 5.41) is 38.9. The maximum atomic E-state index is 11.4. The summed E-state index contributed by atoms with van der Waals surface area (Å²) in [6.07, 6.45) is -1.05. The lowest BCUT2D eigenvalue weighted by Gasteiger charge is -2.29. The number of nitrogens with zero attached hydrogens (tertiary/aromatic N) is 1. The normalized spacial score (nSPS) is 11.3. The van der Waals surface area contributed by atoms with Gasteiger partial charge in [-0.1, -0.05) is 26.0 Å². The van der Waals surface area contributed by atoms with Crippen LogP contribution in [0, 0.1) is 0 Å². The van der Waals surface area contributed by atoms with E-state index in [4.69, 9.17) is 14.6 Å². The van der Waals surface area contributed by atoms with E-state index >= 15 is 0 Å². The molecular weight excluding hydrogens is 450 g/mol. The Labute approximate surface area is 198 Å². The lowest BCUT2D eigenvalue weighted by atomic mass is 9.96. The average molecular weight is 480 g/mol. The molecule has 190 valence electrons. The van der Waals surface area contributed by atoms with Gasteiger partial charge in [-0.2, -0.15) is 0 Å². The minimum atomic E-state index is -2.97. The van der Waals surface area contributed by atoms with Gasteiger partial charge in [-0.3, -0.25) is 4.79 Å². The van der Waals surface area contributed by atoms with Gasteiger partial charge in [0.05, 0.1) is 5.97 Å². The van der Waals surface area contributed by atoms with Crippen LogP contribution < -0.4 is 24.8 Å². The van der Waals surface area contributed by atoms with Crippen molar-refractivity contribution in [1.29, 1.82) is 0 Å². The standard InChI is InChI=1S/C17H25NO3.C6H8O7/c1-5-15(14(4)19)21-17-11-9-8-10-16(17)20-13-12-18(6-2)7-3;7-3(8)1-6(13,5(11)12)2-4(9)10/h5,8-11H,6-7,12-13H2,1-4H3;13H,1-2H2,(H,7,8)(H,9,10)(H,11,12)/p-3/b15-5-;. The second kappa shape index (κ2) is 15.4. The van der Waals surface area contributed by atoms with Crippen molar-refractivity contribution in [2.45, 2.75) is 46.1 Å². The zero-order chi connectivity index (χ0) is 26.3. The highest BCUT2D eigenvalue weighted by Crippen LogP contribution is 2.28. The maximum Gasteiger partial charge on any atom is 0.194 e. The lowest BCUT2D eigenvalue weighted by Crippen LogP contribution is -2.54. The first-order valence-corrected chi connectivity index (χ1v) is 10.5. The first-order valence-electron chi connectivity index (χ1n) is 10.5. The third-order valence-electron chi connectivity index (χ3n) is 4.49. The van der Waals surface area contributed by atoms with E-state index < -0.39 is 36.4 Å². The zero-order valence-corrected chi connectivity index (χ0v) is 19.7. The van der Waals surface area contributed by atoms with E-state index in [9.17, 15) is 34.5 Å². The van der Waals surface area contributed by atoms with Crippen LogP contribution in [0.15, 0.2) is 36.1 Å². The van der Waals surface area contributed by atoms with E-state index in [0.717, 1.165) is 19.6 Å². The minimum Gasteiger partial charge on any atom is -0.550 e. The summed E-state index contributed by atoms with van der Waals surface area (Å²) in [4.78, 5) is 43.7. The monoisotopic (exact) mass is 480 g/mol. The first-order chi connectivity index (χ1) is 15.9. The molecule has 1 N–H and O–H groups in total. The van der Waals surface area contributed by atoms with Crippen LogP contribution in [0.1, 0.15) is 40.5 Å². The Hall–Kier alpha value is -3.44. The number of aliphatic hydroxyl groups is 1. The Morgan fingerprint density at radius 1 is 1.00 bits per heavy atom. The zero-order valence-electron chi connectivity index (χ0n) is 19.7. The molecule has 0 saturated carbocycles. The van der Waals surface area contributed by atoms with E-state index in [1.807, 2.05) is 18.2 Å². The van der Waals surface area contributed by atoms with Crippen molar-refractivity contribution >= 4 is 23.7 Å². The number of likely N-dealkylation sites (N-methyl/N-ethyl adjacent to an activating group) is 1. The number of carboxylic acids is 3. The molecule has 1 aromatic rings. The summed E-state index contributed by atoms with van der Waals surface area (Å²) < 4.78 is 11.4. The predicted octanol–water partition coefficient (Wildman–Crippen LogP) is -1.97. The fourth-order valence-electron chi connectivity index (χ4n) is 2.62. The molecule has 0 amide bonds. The van der Waals surface area contributed by atoms with Crippen LogP contribution in [0.25, 0.3) is 0 Å². The molecule has 0 unspecified atom stereocenters. The Kier molecular flexibility index (Phi) is 13.8. The van der Waals surface area contributed by atoms with Gasteiger partial charge in [-0.05, 0) is 38.2 Å². The number of benzene rings is 1. The van der Waals surface area contributed by atoms with Crippen LogP contribution in [0.4, 0.5) is 0 Å². The number of carbonyl (C=O) groups excluding carboxylic acids is 4. The molecule has 0 heterocycles. The van der Waals surface area contributed by atoms with Crippen LogP contribution in [-0.4, -0.2) is 65.5 Å². The van der Waals surface area contributed by atoms with E-state index in [-0.39, 0.29) is 5.78 Å². The van der Waals surface area contributed by atoms with Crippen LogP contribution in [0.5, 0.6) is 11.5 Å². The molecule has 0 saturated heterocycles. The van der Waals surface area contributed by atoms with Crippen molar-refractivity contribution in [3.63, 3.8) is 0 Å². The fourth-order valence-corrected chi connectivity index (χ4v) is 2.62. The van der Waals surface area contributed by atoms with Crippen LogP contribution >= 0.6 is 0 Å². The van der Waals surface area contributed by atoms with Gasteiger partial charge < -0.3 is 49.2 Å². The van der Waals surface area contributed by atoms with E-state index in [1.54, 1.807) is 19.1 Å². The highest BCUT2D eigenvalue weighted by molar-refractivity contribution is 5.91. The number of carbonyl (C=O) groups is 4. The molecule has 0 aromatic heterocycles. The van der Waals surface area contributed by atoms with Crippen molar-refractivity contribution in [3.8, 4) is 11.5 Å². The van der Waals surface area contributed by atoms with Crippen molar-refractivity contribution in [2.24, 2.45) is 0 Å². The molecule has 0 spiro atoms. The quantitative estimate of drug-likeness (QED) is 0.230. The average Bonchev–Trinajstić information content (AvgIpc) is 2.75. The highest BCUT2D eigenvalue weighted by atomic mass is 16.5. The summed E-state index contributed by atoms with van der Waals surface area (Å²) in [6.45, 7) is 11.0. The van der Waals surface area contributed by atoms with Crippen molar-refractivity contribution < 1.29 is 49.1 Å². The van der Waals surface area contributed by atoms with Crippen molar-refractivity contribution in [1.82, 2.24) is 4.90 Å². The molecule has 1 rings (SSSR count). The summed E-state index contributed by atoms with van der Waals surface area (Å²) in [7, 11) is 0. The third-order valence-corrected chi connectivity index (χ3v) is 4.49. The highest BCUT2D eigenvalue weighted by Gasteiger charge is 2.29. The van der Waals surface area contributed by atoms with E-state index in [0.29, 0.717) is 23.9 Å². The van der Waals surface area contributed by atoms with Gasteiger partial charge in [0.15, 0.2) is 23.0 Å². The lowest BCUT2D eigenvalue weighted by molar-refractivity contribution is -0.339. The minimum absolute atomic E-state index is 0.101. The summed E-state index contributed by atoms with van der Waals surface area (Å²) in [5.74, 6) is -4.53. The number of hydrogen-bond donors (Lipinski definition) is 1. The van der Waals surface area contributed by atoms with E-state index in [1.165, 1.54) is 6.92 Å². The topological polar surface area (TPSA) is 179 Å². The second-order valence-electron chi connectivity index (χ2n) is 7.05. The van der Waals surface area contributed by atoms with Gasteiger partial charge in [-0.25, -0.2) is 0 Å². The van der Waals surface area contributed by atoms with Crippen molar-refractivity contribution in [2.75, 3.05) is 26.2 Å². The number of rotatable bonds is 14. The number of carboxylic acid groups (broad SMARTS) is 3. The van der Waals surface area contributed by atoms with Gasteiger partial charge in [0.2, 0.25) is 0 Å². The molecule has 0 aliphatic rings. The summed E-state index contributed by atoms with van der Waals surface area (Å²) in [6, 6.07) is 7.41. The van der Waals surface area contributed by atoms with Crippen LogP contribution in [0.2, 0.25) is 0 Å². The van der Waals surface area contributed by atoms with Gasteiger partial charge in [0.1, 0.15) is 12.2 Å². The Morgan fingerprint density at radius 2 is 1.50 bits per heavy atom. The van der Waals surface area contributed by atoms with Crippen LogP contribution in [-0.2, 0) is 19.2 Å². The predicted molar refractivity (Wildman–Crippen MR) is 114 cm³/mol. The summed E-state index contributed by atoms with van der Waals surface area (Å²) in [5.41, 5.74) is -2.97. The number of ketones is 1. The Bertz CT molecular complexity index is 845. The van der Waals surface area contributed by atoms with Crippen molar-refractivity contribution in [3.05, 3.63) is 36.1 Å². The molecule has 0 bridgehead atoms. The molecule has 0 atom stereocenters. The SMILES string of the molecule is C/C=C(\Oc1ccccc1OCCN(CC)CC)C(C)=O.O=C([O-])CC(O)(CC(=O)[O-])C(=O)[O-]. The summed E-state index contributed by atoms with van der Waals surface area (Å²) >= 11 is 0. The fraction of sp³-hybridized carbons (Fsp3) is 0.478. The maximum absolute atomic E-state index is 11.4. The van der Waals surface area contributed by atoms with Gasteiger partial charge >= 0.3 is 0 Å². The Morgan fingerprint density at radius 3 is 1.88 bits per heavy atom. The smallest absolute Gasteiger partial charge is 0.194 e. The van der Waals surface area contributed by atoms with Crippen LogP contribution in [0.3, 0.4) is 0 Å². The molecule has 0 aliphatic heterocycles. The number of hydrogen-bond acceptors (Lipinski definition) is 11. The first kappa shape index (κ1) is 30.6. The number of ether oxygens (including phenoxy) is 2. The largest absolute Gasteiger partial charge is 0.550 e. The molecular formula is C23H30NO10-3. The molecule has 11 heteroatoms. The Balaban J connectivity index is 0.000000722. The number of para-hydroxylation sites is 2. The van der Waals surface area contributed by atoms with Gasteiger partial charge in [0, 0.05) is 38.2 Å². The molecule has 0 fully saturated rings. The molecule has 0 aliphatic carbocycles. The number of aliphatic carboxylic acids is 3. The molecule has 1 aromatic carbocycles. The third kappa shape index (κ3) is 11.4. The van der Waals surface area contributed by atoms with Gasteiger partial charge in [0.25, 0.3) is 0 Å². The molecule has 34 heavy (non-hydrogen) atoms. The molecule has 0 radical (unpaired) electrons. The number of Topliss-reactive ketones (excluding diaryl/α,β-unsaturated/α-hetero) is 1. The molecule has 11 nitrogen and oxygen atoms in total. The number of allylic oxidation sites excluding steroid dienone is 2. The van der Waals surface area contributed by atoms with Gasteiger partial charge in [-0.15, -0.1) is 0 Å². The van der Waals surface area contributed by atoms with E-state index in [2.05, 4.69) is 18.7 Å².